The minimum atomic E-state index is -3.30. The van der Waals surface area contributed by atoms with E-state index >= 15 is 0 Å². The third kappa shape index (κ3) is 3.88. The Balaban J connectivity index is 2.93. The van der Waals surface area contributed by atoms with Gasteiger partial charge >= 0.3 is 0 Å². The SMILES string of the molecule is CC(C)(CNc1cc(F)cc([N+](=O)[O-])c1)S(C)(=O)=O. The van der Waals surface area contributed by atoms with Gasteiger partial charge in [0, 0.05) is 24.6 Å². The van der Waals surface area contributed by atoms with Crippen LogP contribution in [0.2, 0.25) is 0 Å². The van der Waals surface area contributed by atoms with Crippen LogP contribution in [0.3, 0.4) is 0 Å². The molecule has 0 spiro atoms. The lowest BCUT2D eigenvalue weighted by molar-refractivity contribution is -0.385. The minimum absolute atomic E-state index is 0.0203. The van der Waals surface area contributed by atoms with Crippen LogP contribution in [0, 0.1) is 15.9 Å². The Hall–Kier alpha value is -1.70. The Morgan fingerprint density at radius 1 is 1.37 bits per heavy atom. The summed E-state index contributed by atoms with van der Waals surface area (Å²) < 4.78 is 35.1. The first kappa shape index (κ1) is 15.4. The third-order valence-electron chi connectivity index (χ3n) is 2.82. The molecule has 0 heterocycles. The smallest absolute Gasteiger partial charge is 0.274 e. The van der Waals surface area contributed by atoms with Gasteiger partial charge in [0.25, 0.3) is 5.69 Å². The van der Waals surface area contributed by atoms with Gasteiger partial charge in [0.05, 0.1) is 15.7 Å². The Bertz CT molecular complexity index is 599. The zero-order valence-corrected chi connectivity index (χ0v) is 11.6. The van der Waals surface area contributed by atoms with Gasteiger partial charge in [-0.1, -0.05) is 0 Å². The van der Waals surface area contributed by atoms with Crippen LogP contribution in [0.4, 0.5) is 15.8 Å². The highest BCUT2D eigenvalue weighted by atomic mass is 32.2. The molecular weight excluding hydrogens is 275 g/mol. The predicted octanol–water partition coefficient (Wildman–Crippen LogP) is 1.97. The summed E-state index contributed by atoms with van der Waals surface area (Å²) in [7, 11) is -3.30. The molecule has 0 radical (unpaired) electrons. The van der Waals surface area contributed by atoms with Gasteiger partial charge in [-0.3, -0.25) is 10.1 Å². The monoisotopic (exact) mass is 290 g/mol. The number of hydrogen-bond acceptors (Lipinski definition) is 5. The van der Waals surface area contributed by atoms with Crippen LogP contribution < -0.4 is 5.32 Å². The van der Waals surface area contributed by atoms with Crippen molar-refractivity contribution in [3.05, 3.63) is 34.1 Å². The van der Waals surface area contributed by atoms with Crippen LogP contribution in [0.25, 0.3) is 0 Å². The van der Waals surface area contributed by atoms with Gasteiger partial charge < -0.3 is 5.32 Å². The van der Waals surface area contributed by atoms with Crippen molar-refractivity contribution in [1.29, 1.82) is 0 Å². The average Bonchev–Trinajstić information content (AvgIpc) is 2.24. The second-order valence-electron chi connectivity index (χ2n) is 4.84. The van der Waals surface area contributed by atoms with E-state index in [0.29, 0.717) is 0 Å². The number of nitrogens with zero attached hydrogens (tertiary/aromatic N) is 1. The van der Waals surface area contributed by atoms with Crippen molar-refractivity contribution < 1.29 is 17.7 Å². The molecule has 0 unspecified atom stereocenters. The van der Waals surface area contributed by atoms with E-state index in [2.05, 4.69) is 5.32 Å². The first-order valence-electron chi connectivity index (χ1n) is 5.41. The number of non-ortho nitro benzene ring substituents is 1. The van der Waals surface area contributed by atoms with E-state index < -0.39 is 25.3 Å². The number of halogens is 1. The average molecular weight is 290 g/mol. The lowest BCUT2D eigenvalue weighted by Gasteiger charge is -2.23. The summed E-state index contributed by atoms with van der Waals surface area (Å²) in [6.07, 6.45) is 1.10. The number of nitro benzene ring substituents is 1. The maximum atomic E-state index is 13.2. The van der Waals surface area contributed by atoms with Gasteiger partial charge in [0.15, 0.2) is 9.84 Å². The van der Waals surface area contributed by atoms with E-state index in [0.717, 1.165) is 24.5 Å². The molecule has 0 aliphatic carbocycles. The maximum absolute atomic E-state index is 13.2. The van der Waals surface area contributed by atoms with Crippen molar-refractivity contribution in [2.24, 2.45) is 0 Å². The molecule has 0 saturated heterocycles. The van der Waals surface area contributed by atoms with Crippen LogP contribution in [-0.4, -0.2) is 30.9 Å². The number of benzene rings is 1. The van der Waals surface area contributed by atoms with Crippen LogP contribution in [0.15, 0.2) is 18.2 Å². The molecule has 8 heteroatoms. The van der Waals surface area contributed by atoms with E-state index in [1.54, 1.807) is 0 Å². The topological polar surface area (TPSA) is 89.3 Å². The Labute approximate surface area is 110 Å². The highest BCUT2D eigenvalue weighted by Crippen LogP contribution is 2.22. The van der Waals surface area contributed by atoms with Gasteiger partial charge in [0.2, 0.25) is 0 Å². The molecule has 0 aliphatic heterocycles. The lowest BCUT2D eigenvalue weighted by atomic mass is 10.2. The molecule has 1 aromatic carbocycles. The van der Waals surface area contributed by atoms with Crippen LogP contribution >= 0.6 is 0 Å². The summed E-state index contributed by atoms with van der Waals surface area (Å²) in [6.45, 7) is 3.05. The summed E-state index contributed by atoms with van der Waals surface area (Å²) in [6, 6.07) is 3.03. The minimum Gasteiger partial charge on any atom is -0.383 e. The number of nitrogens with one attached hydrogen (secondary N) is 1. The summed E-state index contributed by atoms with van der Waals surface area (Å²) >= 11 is 0. The zero-order chi connectivity index (χ0) is 14.8. The fraction of sp³-hybridized carbons (Fsp3) is 0.455. The number of nitro groups is 1. The Morgan fingerprint density at radius 3 is 2.42 bits per heavy atom. The quantitative estimate of drug-likeness (QED) is 0.661. The molecule has 1 N–H and O–H groups in total. The second-order valence-corrected chi connectivity index (χ2v) is 7.49. The second kappa shape index (κ2) is 5.12. The predicted molar refractivity (Wildman–Crippen MR) is 70.5 cm³/mol. The van der Waals surface area contributed by atoms with Gasteiger partial charge in [-0.25, -0.2) is 12.8 Å². The van der Waals surface area contributed by atoms with Crippen molar-refractivity contribution in [3.8, 4) is 0 Å². The van der Waals surface area contributed by atoms with Crippen LogP contribution in [-0.2, 0) is 9.84 Å². The van der Waals surface area contributed by atoms with Crippen molar-refractivity contribution in [2.45, 2.75) is 18.6 Å². The zero-order valence-electron chi connectivity index (χ0n) is 10.8. The molecule has 0 fully saturated rings. The molecule has 0 aliphatic rings. The normalized spacial score (nSPS) is 12.2. The third-order valence-corrected chi connectivity index (χ3v) is 4.97. The Kier molecular flexibility index (Phi) is 4.14. The molecule has 0 aromatic heterocycles. The van der Waals surface area contributed by atoms with Gasteiger partial charge in [-0.15, -0.1) is 0 Å². The number of anilines is 1. The molecule has 1 rings (SSSR count). The first-order chi connectivity index (χ1) is 8.53. The fourth-order valence-electron chi connectivity index (χ4n) is 1.23. The van der Waals surface area contributed by atoms with E-state index in [9.17, 15) is 22.9 Å². The highest BCUT2D eigenvalue weighted by molar-refractivity contribution is 7.92. The van der Waals surface area contributed by atoms with Gasteiger partial charge in [0.1, 0.15) is 5.82 Å². The van der Waals surface area contributed by atoms with E-state index in [1.165, 1.54) is 13.8 Å². The van der Waals surface area contributed by atoms with E-state index in [4.69, 9.17) is 0 Å². The van der Waals surface area contributed by atoms with Crippen molar-refractivity contribution in [1.82, 2.24) is 0 Å². The van der Waals surface area contributed by atoms with Crippen LogP contribution in [0.5, 0.6) is 0 Å². The van der Waals surface area contributed by atoms with E-state index in [-0.39, 0.29) is 17.9 Å². The molecule has 6 nitrogen and oxygen atoms in total. The maximum Gasteiger partial charge on any atom is 0.274 e. The molecule has 0 bridgehead atoms. The number of sulfone groups is 1. The van der Waals surface area contributed by atoms with Crippen LogP contribution in [0.1, 0.15) is 13.8 Å². The van der Waals surface area contributed by atoms with Crippen molar-refractivity contribution in [2.75, 3.05) is 18.1 Å². The highest BCUT2D eigenvalue weighted by Gasteiger charge is 2.29. The molecule has 0 saturated carbocycles. The largest absolute Gasteiger partial charge is 0.383 e. The van der Waals surface area contributed by atoms with E-state index in [1.807, 2.05) is 0 Å². The molecule has 0 atom stereocenters. The Morgan fingerprint density at radius 2 is 1.95 bits per heavy atom. The fourth-order valence-corrected chi connectivity index (χ4v) is 1.56. The summed E-state index contributed by atoms with van der Waals surface area (Å²) in [5.74, 6) is -0.756. The first-order valence-corrected chi connectivity index (χ1v) is 7.30. The van der Waals surface area contributed by atoms with Gasteiger partial charge in [-0.2, -0.15) is 0 Å². The molecular formula is C11H15FN2O4S. The summed E-state index contributed by atoms with van der Waals surface area (Å²) in [5.41, 5.74) is -0.219. The van der Waals surface area contributed by atoms with Gasteiger partial charge in [-0.05, 0) is 19.9 Å². The lowest BCUT2D eigenvalue weighted by Crippen LogP contribution is -2.38. The molecule has 0 amide bonds. The number of rotatable bonds is 5. The van der Waals surface area contributed by atoms with Crippen molar-refractivity contribution in [3.63, 3.8) is 0 Å². The summed E-state index contributed by atoms with van der Waals surface area (Å²) in [4.78, 5) is 9.87. The molecule has 19 heavy (non-hydrogen) atoms. The summed E-state index contributed by atoms with van der Waals surface area (Å²) in [5, 5.41) is 13.3. The molecule has 1 aromatic rings. The molecule has 106 valence electrons. The standard InChI is InChI=1S/C11H15FN2O4S/c1-11(2,19(3,17)18)7-13-9-4-8(12)5-10(6-9)14(15)16/h4-6,13H,7H2,1-3H3. The number of hydrogen-bond donors (Lipinski definition) is 1. The van der Waals surface area contributed by atoms with Crippen molar-refractivity contribution >= 4 is 21.2 Å².